The van der Waals surface area contributed by atoms with Crippen LogP contribution in [0.4, 0.5) is 0 Å². The van der Waals surface area contributed by atoms with E-state index in [1.54, 1.807) is 0 Å². The molecule has 96 valence electrons. The van der Waals surface area contributed by atoms with E-state index in [1.165, 1.54) is 38.5 Å². The zero-order valence-electron chi connectivity index (χ0n) is 10.8. The van der Waals surface area contributed by atoms with Gasteiger partial charge in [-0.3, -0.25) is 4.79 Å². The van der Waals surface area contributed by atoms with Gasteiger partial charge in [-0.1, -0.05) is 0 Å². The topological polar surface area (TPSA) is 32.9 Å². The van der Waals surface area contributed by atoms with Crippen LogP contribution >= 0.6 is 0 Å². The molecule has 1 heterocycles. The Bertz CT molecular complexity index is 424. The standard InChI is InChI=1S/C16H21NO/c18-15(14-2-1-3-17-14)10-16-7-11-4-12(8-16)6-13(5-11)9-16/h1-3,11-13,17H,4-10H2. The molecule has 1 aromatic rings. The highest BCUT2D eigenvalue weighted by Gasteiger charge is 2.51. The van der Waals surface area contributed by atoms with E-state index in [9.17, 15) is 4.79 Å². The number of hydrogen-bond acceptors (Lipinski definition) is 1. The van der Waals surface area contributed by atoms with E-state index in [2.05, 4.69) is 4.98 Å². The second-order valence-corrected chi connectivity index (χ2v) is 7.10. The van der Waals surface area contributed by atoms with Gasteiger partial charge in [-0.25, -0.2) is 0 Å². The van der Waals surface area contributed by atoms with Gasteiger partial charge in [0.15, 0.2) is 5.78 Å². The second-order valence-electron chi connectivity index (χ2n) is 7.10. The third-order valence-electron chi connectivity index (χ3n) is 5.60. The lowest BCUT2D eigenvalue weighted by Crippen LogP contribution is -2.46. The molecule has 4 saturated carbocycles. The van der Waals surface area contributed by atoms with Crippen molar-refractivity contribution in [2.75, 3.05) is 0 Å². The maximum absolute atomic E-state index is 12.4. The summed E-state index contributed by atoms with van der Waals surface area (Å²) >= 11 is 0. The highest BCUT2D eigenvalue weighted by Crippen LogP contribution is 2.61. The van der Waals surface area contributed by atoms with Crippen molar-refractivity contribution in [1.82, 2.24) is 4.98 Å². The number of Topliss-reactive ketones (excluding diaryl/α,β-unsaturated/α-hetero) is 1. The highest BCUT2D eigenvalue weighted by atomic mass is 16.1. The Morgan fingerprint density at radius 3 is 2.28 bits per heavy atom. The van der Waals surface area contributed by atoms with Gasteiger partial charge in [0.05, 0.1) is 5.69 Å². The van der Waals surface area contributed by atoms with Gasteiger partial charge in [-0.15, -0.1) is 0 Å². The predicted molar refractivity (Wildman–Crippen MR) is 70.3 cm³/mol. The molecule has 4 aliphatic carbocycles. The van der Waals surface area contributed by atoms with E-state index in [-0.39, 0.29) is 0 Å². The van der Waals surface area contributed by atoms with Crippen LogP contribution in [0.15, 0.2) is 18.3 Å². The third kappa shape index (κ3) is 1.65. The number of rotatable bonds is 3. The summed E-state index contributed by atoms with van der Waals surface area (Å²) in [6, 6.07) is 3.84. The Kier molecular flexibility index (Phi) is 2.24. The number of ketones is 1. The van der Waals surface area contributed by atoms with Crippen LogP contribution in [0.2, 0.25) is 0 Å². The molecular weight excluding hydrogens is 222 g/mol. The number of carbonyl (C=O) groups excluding carboxylic acids is 1. The molecule has 0 spiro atoms. The summed E-state index contributed by atoms with van der Waals surface area (Å²) in [6.45, 7) is 0. The maximum Gasteiger partial charge on any atom is 0.179 e. The van der Waals surface area contributed by atoms with Crippen LogP contribution in [0.3, 0.4) is 0 Å². The van der Waals surface area contributed by atoms with Crippen LogP contribution in [0, 0.1) is 23.2 Å². The van der Waals surface area contributed by atoms with Crippen molar-refractivity contribution in [3.05, 3.63) is 24.0 Å². The summed E-state index contributed by atoms with van der Waals surface area (Å²) in [6.07, 6.45) is 11.0. The first-order chi connectivity index (χ1) is 8.72. The van der Waals surface area contributed by atoms with Crippen molar-refractivity contribution in [2.45, 2.75) is 44.9 Å². The van der Waals surface area contributed by atoms with Crippen molar-refractivity contribution < 1.29 is 4.79 Å². The van der Waals surface area contributed by atoms with E-state index in [0.717, 1.165) is 29.9 Å². The van der Waals surface area contributed by atoms with Crippen molar-refractivity contribution in [3.63, 3.8) is 0 Å². The van der Waals surface area contributed by atoms with E-state index in [4.69, 9.17) is 0 Å². The van der Waals surface area contributed by atoms with Crippen molar-refractivity contribution in [3.8, 4) is 0 Å². The fourth-order valence-corrected chi connectivity index (χ4v) is 5.45. The molecule has 2 nitrogen and oxygen atoms in total. The summed E-state index contributed by atoms with van der Waals surface area (Å²) in [4.78, 5) is 15.4. The average Bonchev–Trinajstić information content (AvgIpc) is 2.79. The molecule has 4 fully saturated rings. The lowest BCUT2D eigenvalue weighted by molar-refractivity contribution is -0.0524. The Morgan fingerprint density at radius 2 is 1.78 bits per heavy atom. The van der Waals surface area contributed by atoms with Crippen molar-refractivity contribution in [1.29, 1.82) is 0 Å². The third-order valence-corrected chi connectivity index (χ3v) is 5.60. The van der Waals surface area contributed by atoms with Crippen LogP contribution < -0.4 is 0 Å². The van der Waals surface area contributed by atoms with Gasteiger partial charge in [0.1, 0.15) is 0 Å². The number of carbonyl (C=O) groups is 1. The van der Waals surface area contributed by atoms with Gasteiger partial charge in [-0.2, -0.15) is 0 Å². The van der Waals surface area contributed by atoms with E-state index >= 15 is 0 Å². The summed E-state index contributed by atoms with van der Waals surface area (Å²) in [5.41, 5.74) is 1.18. The molecule has 4 aliphatic rings. The molecule has 0 aromatic carbocycles. The van der Waals surface area contributed by atoms with E-state index in [1.807, 2.05) is 18.3 Å². The minimum atomic E-state index is 0.335. The Labute approximate surface area is 108 Å². The van der Waals surface area contributed by atoms with Gasteiger partial charge < -0.3 is 4.98 Å². The van der Waals surface area contributed by atoms with Crippen molar-refractivity contribution in [2.24, 2.45) is 23.2 Å². The Balaban J connectivity index is 1.56. The summed E-state index contributed by atoms with van der Waals surface area (Å²) in [5.74, 6) is 3.15. The van der Waals surface area contributed by atoms with Crippen LogP contribution in [-0.2, 0) is 0 Å². The molecule has 1 aromatic heterocycles. The lowest BCUT2D eigenvalue weighted by Gasteiger charge is -2.56. The predicted octanol–water partition coefficient (Wildman–Crippen LogP) is 3.80. The van der Waals surface area contributed by atoms with Gasteiger partial charge in [0, 0.05) is 12.6 Å². The molecule has 0 saturated heterocycles. The second kappa shape index (κ2) is 3.72. The first-order valence-corrected chi connectivity index (χ1v) is 7.39. The fourth-order valence-electron chi connectivity index (χ4n) is 5.45. The SMILES string of the molecule is O=C(CC12CC3CC(CC(C3)C1)C2)c1ccc[nH]1. The number of aromatic amines is 1. The van der Waals surface area contributed by atoms with Crippen LogP contribution in [0.25, 0.3) is 0 Å². The van der Waals surface area contributed by atoms with E-state index < -0.39 is 0 Å². The van der Waals surface area contributed by atoms with Gasteiger partial charge in [-0.05, 0) is 73.8 Å². The van der Waals surface area contributed by atoms with Gasteiger partial charge >= 0.3 is 0 Å². The molecule has 0 unspecified atom stereocenters. The number of aromatic nitrogens is 1. The van der Waals surface area contributed by atoms with Crippen LogP contribution in [0.5, 0.6) is 0 Å². The molecule has 1 N–H and O–H groups in total. The average molecular weight is 243 g/mol. The van der Waals surface area contributed by atoms with E-state index in [0.29, 0.717) is 11.2 Å². The maximum atomic E-state index is 12.4. The Morgan fingerprint density at radius 1 is 1.17 bits per heavy atom. The molecule has 0 atom stereocenters. The quantitative estimate of drug-likeness (QED) is 0.805. The van der Waals surface area contributed by atoms with Crippen LogP contribution in [-0.4, -0.2) is 10.8 Å². The number of nitrogens with one attached hydrogen (secondary N) is 1. The molecular formula is C16H21NO. The summed E-state index contributed by atoms with van der Waals surface area (Å²) in [5, 5.41) is 0. The molecule has 0 radical (unpaired) electrons. The minimum Gasteiger partial charge on any atom is -0.359 e. The van der Waals surface area contributed by atoms with Crippen molar-refractivity contribution >= 4 is 5.78 Å². The lowest BCUT2D eigenvalue weighted by atomic mass is 9.48. The molecule has 0 aliphatic heterocycles. The zero-order chi connectivity index (χ0) is 12.2. The molecule has 4 bridgehead atoms. The largest absolute Gasteiger partial charge is 0.359 e. The van der Waals surface area contributed by atoms with Gasteiger partial charge in [0.2, 0.25) is 0 Å². The van der Waals surface area contributed by atoms with Gasteiger partial charge in [0.25, 0.3) is 0 Å². The highest BCUT2D eigenvalue weighted by molar-refractivity contribution is 5.94. The first-order valence-electron chi connectivity index (χ1n) is 7.39. The first kappa shape index (κ1) is 10.8. The molecule has 5 rings (SSSR count). The summed E-state index contributed by atoms with van der Waals surface area (Å²) in [7, 11) is 0. The smallest absolute Gasteiger partial charge is 0.179 e. The molecule has 0 amide bonds. The zero-order valence-corrected chi connectivity index (χ0v) is 10.8. The molecule has 2 heteroatoms. The molecule has 18 heavy (non-hydrogen) atoms. The normalized spacial score (nSPS) is 41.2. The van der Waals surface area contributed by atoms with Crippen LogP contribution in [0.1, 0.15) is 55.4 Å². The fraction of sp³-hybridized carbons (Fsp3) is 0.688. The number of H-pyrrole nitrogens is 1. The number of hydrogen-bond donors (Lipinski definition) is 1. The monoisotopic (exact) mass is 243 g/mol. The summed E-state index contributed by atoms with van der Waals surface area (Å²) < 4.78 is 0. The Hall–Kier alpha value is -1.05. The minimum absolute atomic E-state index is 0.335.